The number of carbonyl (C=O) groups is 3. The van der Waals surface area contributed by atoms with Crippen LogP contribution in [0.4, 0.5) is 0 Å². The minimum atomic E-state index is -0.761. The fraction of sp³-hybridized carbons (Fsp3) is 0.944. The lowest BCUT2D eigenvalue weighted by Gasteiger charge is -2.18. The molecular formula is C54H104O6. The zero-order chi connectivity index (χ0) is 44.0. The van der Waals surface area contributed by atoms with E-state index in [9.17, 15) is 14.4 Å². The van der Waals surface area contributed by atoms with Gasteiger partial charge in [0.05, 0.1) is 0 Å². The number of esters is 3. The van der Waals surface area contributed by atoms with Gasteiger partial charge in [-0.2, -0.15) is 0 Å². The number of ether oxygens (including phenoxy) is 3. The largest absolute Gasteiger partial charge is 0.462 e. The third-order valence-corrected chi connectivity index (χ3v) is 12.2. The Morgan fingerprint density at radius 1 is 0.317 bits per heavy atom. The average Bonchev–Trinajstić information content (AvgIpc) is 3.22. The van der Waals surface area contributed by atoms with Crippen LogP contribution in [0, 0.1) is 11.8 Å². The van der Waals surface area contributed by atoms with Gasteiger partial charge in [-0.1, -0.05) is 259 Å². The highest BCUT2D eigenvalue weighted by Crippen LogP contribution is 2.18. The van der Waals surface area contributed by atoms with Gasteiger partial charge in [0.25, 0.3) is 0 Å². The standard InChI is InChI=1S/C54H104O6/c1-6-7-8-9-10-11-17-24-29-34-39-44-52(55)58-47-51(60-54(57)46-41-36-31-26-21-16-19-23-28-33-38-43-50(4)5)48-59-53(56)45-40-35-30-25-20-15-13-12-14-18-22-27-32-37-42-49(2)3/h49-51H,6-48H2,1-5H3/t51-/m1/s1. The zero-order valence-corrected chi connectivity index (χ0v) is 41.1. The lowest BCUT2D eigenvalue weighted by molar-refractivity contribution is -0.167. The molecule has 0 aromatic heterocycles. The molecule has 0 aliphatic heterocycles. The van der Waals surface area contributed by atoms with Gasteiger partial charge < -0.3 is 14.2 Å². The van der Waals surface area contributed by atoms with E-state index in [0.717, 1.165) is 69.6 Å². The molecule has 0 aliphatic carbocycles. The van der Waals surface area contributed by atoms with Gasteiger partial charge in [0.2, 0.25) is 0 Å². The molecule has 0 fully saturated rings. The minimum absolute atomic E-state index is 0.0633. The van der Waals surface area contributed by atoms with Gasteiger partial charge in [-0.05, 0) is 31.1 Å². The van der Waals surface area contributed by atoms with E-state index in [-0.39, 0.29) is 31.1 Å². The van der Waals surface area contributed by atoms with Gasteiger partial charge in [0.15, 0.2) is 6.10 Å². The SMILES string of the molecule is CCCCCCCCCCCCCC(=O)OC[C@H](COC(=O)CCCCCCCCCCCCCCCCC(C)C)OC(=O)CCCCCCCCCCCCCC(C)C. The van der Waals surface area contributed by atoms with E-state index < -0.39 is 6.10 Å². The molecule has 0 amide bonds. The van der Waals surface area contributed by atoms with Crippen LogP contribution >= 0.6 is 0 Å². The maximum Gasteiger partial charge on any atom is 0.306 e. The molecular weight excluding hydrogens is 745 g/mol. The van der Waals surface area contributed by atoms with Crippen molar-refractivity contribution >= 4 is 17.9 Å². The van der Waals surface area contributed by atoms with Gasteiger partial charge in [-0.25, -0.2) is 0 Å². The summed E-state index contributed by atoms with van der Waals surface area (Å²) in [7, 11) is 0. The van der Waals surface area contributed by atoms with E-state index in [2.05, 4.69) is 34.6 Å². The van der Waals surface area contributed by atoms with E-state index in [1.807, 2.05) is 0 Å². The summed E-state index contributed by atoms with van der Waals surface area (Å²) >= 11 is 0. The Morgan fingerprint density at radius 2 is 0.550 bits per heavy atom. The van der Waals surface area contributed by atoms with Gasteiger partial charge in [-0.3, -0.25) is 14.4 Å². The first kappa shape index (κ1) is 58.4. The van der Waals surface area contributed by atoms with E-state index in [0.29, 0.717) is 19.3 Å². The van der Waals surface area contributed by atoms with Crippen LogP contribution in [0.2, 0.25) is 0 Å². The molecule has 356 valence electrons. The third kappa shape index (κ3) is 47.5. The summed E-state index contributed by atoms with van der Waals surface area (Å²) in [6, 6.07) is 0. The molecule has 0 unspecified atom stereocenters. The first-order chi connectivity index (χ1) is 29.2. The molecule has 60 heavy (non-hydrogen) atoms. The molecule has 0 rings (SSSR count). The minimum Gasteiger partial charge on any atom is -0.462 e. The Hall–Kier alpha value is -1.59. The van der Waals surface area contributed by atoms with Crippen molar-refractivity contribution in [3.05, 3.63) is 0 Å². The highest BCUT2D eigenvalue weighted by atomic mass is 16.6. The van der Waals surface area contributed by atoms with Crippen LogP contribution in [-0.4, -0.2) is 37.2 Å². The van der Waals surface area contributed by atoms with Crippen LogP contribution in [0.5, 0.6) is 0 Å². The van der Waals surface area contributed by atoms with Crippen LogP contribution < -0.4 is 0 Å². The topological polar surface area (TPSA) is 78.9 Å². The monoisotopic (exact) mass is 849 g/mol. The molecule has 6 nitrogen and oxygen atoms in total. The Labute approximate surface area is 374 Å². The summed E-state index contributed by atoms with van der Waals surface area (Å²) < 4.78 is 16.8. The summed E-state index contributed by atoms with van der Waals surface area (Å²) in [5.74, 6) is 0.824. The fourth-order valence-corrected chi connectivity index (χ4v) is 8.17. The van der Waals surface area contributed by atoms with Crippen LogP contribution in [-0.2, 0) is 28.6 Å². The Balaban J connectivity index is 4.28. The van der Waals surface area contributed by atoms with Gasteiger partial charge >= 0.3 is 17.9 Å². The van der Waals surface area contributed by atoms with Crippen molar-refractivity contribution in [3.8, 4) is 0 Å². The second-order valence-electron chi connectivity index (χ2n) is 19.5. The lowest BCUT2D eigenvalue weighted by atomic mass is 10.0. The van der Waals surface area contributed by atoms with Crippen LogP contribution in [0.3, 0.4) is 0 Å². The van der Waals surface area contributed by atoms with Crippen molar-refractivity contribution in [1.82, 2.24) is 0 Å². The lowest BCUT2D eigenvalue weighted by Crippen LogP contribution is -2.30. The number of hydrogen-bond acceptors (Lipinski definition) is 6. The maximum absolute atomic E-state index is 12.8. The number of carbonyl (C=O) groups excluding carboxylic acids is 3. The van der Waals surface area contributed by atoms with Crippen molar-refractivity contribution in [2.45, 2.75) is 304 Å². The molecule has 0 aliphatic rings. The van der Waals surface area contributed by atoms with E-state index in [4.69, 9.17) is 14.2 Å². The predicted molar refractivity (Wildman–Crippen MR) is 256 cm³/mol. The Bertz CT molecular complexity index is 916. The van der Waals surface area contributed by atoms with Crippen molar-refractivity contribution < 1.29 is 28.6 Å². The number of hydrogen-bond donors (Lipinski definition) is 0. The van der Waals surface area contributed by atoms with Crippen molar-refractivity contribution in [2.24, 2.45) is 11.8 Å². The third-order valence-electron chi connectivity index (χ3n) is 12.2. The molecule has 0 saturated heterocycles. The van der Waals surface area contributed by atoms with Gasteiger partial charge in [0.1, 0.15) is 13.2 Å². The van der Waals surface area contributed by atoms with E-state index >= 15 is 0 Å². The average molecular weight is 849 g/mol. The normalized spacial score (nSPS) is 12.1. The molecule has 0 radical (unpaired) electrons. The molecule has 0 aromatic rings. The maximum atomic E-state index is 12.8. The van der Waals surface area contributed by atoms with Gasteiger partial charge in [0, 0.05) is 19.3 Å². The van der Waals surface area contributed by atoms with Gasteiger partial charge in [-0.15, -0.1) is 0 Å². The zero-order valence-electron chi connectivity index (χ0n) is 41.1. The molecule has 0 saturated carbocycles. The summed E-state index contributed by atoms with van der Waals surface area (Å²) in [5, 5.41) is 0. The summed E-state index contributed by atoms with van der Waals surface area (Å²) in [5.41, 5.74) is 0. The first-order valence-corrected chi connectivity index (χ1v) is 26.7. The molecule has 1 atom stereocenters. The summed E-state index contributed by atoms with van der Waals surface area (Å²) in [6.45, 7) is 11.4. The Morgan fingerprint density at radius 3 is 0.817 bits per heavy atom. The highest BCUT2D eigenvalue weighted by molar-refractivity contribution is 5.71. The van der Waals surface area contributed by atoms with E-state index in [1.54, 1.807) is 0 Å². The molecule has 6 heteroatoms. The molecule has 0 spiro atoms. The molecule has 0 bridgehead atoms. The summed E-state index contributed by atoms with van der Waals surface area (Å²) in [6.07, 6.45) is 48.0. The second-order valence-corrected chi connectivity index (χ2v) is 19.5. The van der Waals surface area contributed by atoms with E-state index in [1.165, 1.54) is 186 Å². The van der Waals surface area contributed by atoms with Crippen LogP contribution in [0.25, 0.3) is 0 Å². The Kier molecular flexibility index (Phi) is 45.7. The van der Waals surface area contributed by atoms with Crippen molar-refractivity contribution in [1.29, 1.82) is 0 Å². The fourth-order valence-electron chi connectivity index (χ4n) is 8.17. The quantitative estimate of drug-likeness (QED) is 0.0345. The molecule has 0 aromatic carbocycles. The second kappa shape index (κ2) is 46.9. The first-order valence-electron chi connectivity index (χ1n) is 26.7. The summed E-state index contributed by atoms with van der Waals surface area (Å²) in [4.78, 5) is 38.0. The smallest absolute Gasteiger partial charge is 0.306 e. The highest BCUT2D eigenvalue weighted by Gasteiger charge is 2.19. The number of rotatable bonds is 48. The molecule has 0 heterocycles. The van der Waals surface area contributed by atoms with Crippen molar-refractivity contribution in [3.63, 3.8) is 0 Å². The number of unbranched alkanes of at least 4 members (excludes halogenated alkanes) is 33. The van der Waals surface area contributed by atoms with Crippen LogP contribution in [0.15, 0.2) is 0 Å². The molecule has 0 N–H and O–H groups in total. The predicted octanol–water partition coefficient (Wildman–Crippen LogP) is 17.3. The van der Waals surface area contributed by atoms with Crippen LogP contribution in [0.1, 0.15) is 298 Å². The van der Waals surface area contributed by atoms with Crippen molar-refractivity contribution in [2.75, 3.05) is 13.2 Å².